The largest absolute Gasteiger partial charge is 0.395 e. The Morgan fingerprint density at radius 2 is 1.83 bits per heavy atom. The molecule has 1 aliphatic rings. The quantitative estimate of drug-likeness (QED) is 0.602. The van der Waals surface area contributed by atoms with Gasteiger partial charge in [0.15, 0.2) is 0 Å². The second-order valence-corrected chi connectivity index (χ2v) is 6.28. The molecule has 4 heteroatoms. The van der Waals surface area contributed by atoms with Crippen molar-refractivity contribution in [3.05, 3.63) is 0 Å². The van der Waals surface area contributed by atoms with Gasteiger partial charge in [0, 0.05) is 38.3 Å². The first-order chi connectivity index (χ1) is 8.51. The number of nitrogens with zero attached hydrogens (tertiary/aromatic N) is 2. The van der Waals surface area contributed by atoms with E-state index < -0.39 is 0 Å². The van der Waals surface area contributed by atoms with Gasteiger partial charge >= 0.3 is 0 Å². The highest BCUT2D eigenvalue weighted by molar-refractivity contribution is 4.86. The van der Waals surface area contributed by atoms with Gasteiger partial charge in [-0.3, -0.25) is 0 Å². The molecular formula is C14H31N3O. The maximum Gasteiger partial charge on any atom is 0.0597 e. The Bertz CT molecular complexity index is 217. The summed E-state index contributed by atoms with van der Waals surface area (Å²) >= 11 is 0. The first-order valence-corrected chi connectivity index (χ1v) is 7.25. The summed E-state index contributed by atoms with van der Waals surface area (Å²) in [6.45, 7) is 8.97. The van der Waals surface area contributed by atoms with E-state index in [2.05, 4.69) is 43.1 Å². The topological polar surface area (TPSA) is 38.7 Å². The third-order valence-corrected chi connectivity index (χ3v) is 3.23. The van der Waals surface area contributed by atoms with E-state index in [-0.39, 0.29) is 12.6 Å². The molecule has 0 spiro atoms. The van der Waals surface area contributed by atoms with Crippen molar-refractivity contribution in [2.24, 2.45) is 5.92 Å². The lowest BCUT2D eigenvalue weighted by Crippen LogP contribution is -2.46. The fourth-order valence-corrected chi connectivity index (χ4v) is 2.17. The molecule has 108 valence electrons. The lowest BCUT2D eigenvalue weighted by molar-refractivity contribution is 0.160. The highest BCUT2D eigenvalue weighted by atomic mass is 16.3. The average molecular weight is 257 g/mol. The molecule has 0 radical (unpaired) electrons. The third-order valence-electron chi connectivity index (χ3n) is 3.23. The maximum atomic E-state index is 9.46. The normalized spacial score (nSPS) is 18.0. The Morgan fingerprint density at radius 1 is 1.17 bits per heavy atom. The molecule has 1 rings (SSSR count). The molecule has 0 heterocycles. The number of aliphatic hydroxyl groups is 1. The molecule has 1 fully saturated rings. The minimum absolute atomic E-state index is 0.235. The Hall–Kier alpha value is -0.160. The number of rotatable bonds is 10. The molecule has 4 nitrogen and oxygen atoms in total. The molecule has 0 aromatic heterocycles. The van der Waals surface area contributed by atoms with Gasteiger partial charge < -0.3 is 20.2 Å². The number of hydrogen-bond donors (Lipinski definition) is 2. The number of likely N-dealkylation sites (N-methyl/N-ethyl adjacent to an activating group) is 1. The van der Waals surface area contributed by atoms with Crippen molar-refractivity contribution >= 4 is 0 Å². The van der Waals surface area contributed by atoms with Crippen molar-refractivity contribution in [1.29, 1.82) is 0 Å². The lowest BCUT2D eigenvalue weighted by Gasteiger charge is -2.29. The Kier molecular flexibility index (Phi) is 7.15. The summed E-state index contributed by atoms with van der Waals surface area (Å²) in [5, 5.41) is 13.0. The number of aliphatic hydroxyl groups excluding tert-OH is 1. The van der Waals surface area contributed by atoms with Crippen molar-refractivity contribution in [3.8, 4) is 0 Å². The van der Waals surface area contributed by atoms with Crippen LogP contribution in [-0.2, 0) is 0 Å². The van der Waals surface area contributed by atoms with Crippen molar-refractivity contribution in [3.63, 3.8) is 0 Å². The molecule has 0 saturated heterocycles. The highest BCUT2D eigenvalue weighted by Crippen LogP contribution is 2.19. The fourth-order valence-electron chi connectivity index (χ4n) is 2.17. The summed E-state index contributed by atoms with van der Waals surface area (Å²) in [5.74, 6) is 0.674. The summed E-state index contributed by atoms with van der Waals surface area (Å²) in [5.41, 5.74) is 0. The molecule has 1 saturated carbocycles. The molecule has 2 N–H and O–H groups in total. The molecule has 0 aromatic carbocycles. The number of hydrogen-bond acceptors (Lipinski definition) is 4. The lowest BCUT2D eigenvalue weighted by atomic mass is 10.2. The molecular weight excluding hydrogens is 226 g/mol. The predicted octanol–water partition coefficient (Wildman–Crippen LogP) is 0.619. The summed E-state index contributed by atoms with van der Waals surface area (Å²) in [6.07, 6.45) is 2.55. The van der Waals surface area contributed by atoms with E-state index in [0.717, 1.165) is 26.2 Å². The SMILES string of the molecule is CC(C)CN(CCN(C)C)CC(CO)NC1CC1. The molecule has 0 aliphatic heterocycles. The Labute approximate surface area is 112 Å². The van der Waals surface area contributed by atoms with E-state index in [1.807, 2.05) is 0 Å². The van der Waals surface area contributed by atoms with Crippen molar-refractivity contribution in [1.82, 2.24) is 15.1 Å². The minimum atomic E-state index is 0.235. The summed E-state index contributed by atoms with van der Waals surface area (Å²) < 4.78 is 0. The molecule has 1 unspecified atom stereocenters. The van der Waals surface area contributed by atoms with Gasteiger partial charge in [-0.25, -0.2) is 0 Å². The van der Waals surface area contributed by atoms with Crippen LogP contribution in [0, 0.1) is 5.92 Å². The van der Waals surface area contributed by atoms with Crippen LogP contribution in [0.25, 0.3) is 0 Å². The smallest absolute Gasteiger partial charge is 0.0597 e. The fraction of sp³-hybridized carbons (Fsp3) is 1.00. The zero-order valence-corrected chi connectivity index (χ0v) is 12.5. The van der Waals surface area contributed by atoms with Gasteiger partial charge in [-0.15, -0.1) is 0 Å². The van der Waals surface area contributed by atoms with Crippen LogP contribution in [0.4, 0.5) is 0 Å². The maximum absolute atomic E-state index is 9.46. The molecule has 1 atom stereocenters. The summed E-state index contributed by atoms with van der Waals surface area (Å²) in [7, 11) is 4.22. The third kappa shape index (κ3) is 7.31. The van der Waals surface area contributed by atoms with E-state index >= 15 is 0 Å². The van der Waals surface area contributed by atoms with Gasteiger partial charge in [0.05, 0.1) is 6.61 Å². The van der Waals surface area contributed by atoms with E-state index in [1.54, 1.807) is 0 Å². The van der Waals surface area contributed by atoms with Crippen molar-refractivity contribution < 1.29 is 5.11 Å². The molecule has 18 heavy (non-hydrogen) atoms. The Balaban J connectivity index is 2.35. The molecule has 0 amide bonds. The van der Waals surface area contributed by atoms with Crippen molar-refractivity contribution in [2.45, 2.75) is 38.8 Å². The van der Waals surface area contributed by atoms with Gasteiger partial charge in [-0.1, -0.05) is 13.8 Å². The van der Waals surface area contributed by atoms with Gasteiger partial charge in [-0.05, 0) is 32.9 Å². The minimum Gasteiger partial charge on any atom is -0.395 e. The summed E-state index contributed by atoms with van der Waals surface area (Å²) in [6, 6.07) is 0.898. The first-order valence-electron chi connectivity index (χ1n) is 7.25. The van der Waals surface area contributed by atoms with Gasteiger partial charge in [0.1, 0.15) is 0 Å². The van der Waals surface area contributed by atoms with E-state index in [1.165, 1.54) is 12.8 Å². The Morgan fingerprint density at radius 3 is 2.28 bits per heavy atom. The van der Waals surface area contributed by atoms with Crippen molar-refractivity contribution in [2.75, 3.05) is 46.9 Å². The van der Waals surface area contributed by atoms with Crippen LogP contribution >= 0.6 is 0 Å². The number of nitrogens with one attached hydrogen (secondary N) is 1. The van der Waals surface area contributed by atoms with Crippen LogP contribution in [0.3, 0.4) is 0 Å². The highest BCUT2D eigenvalue weighted by Gasteiger charge is 2.25. The van der Waals surface area contributed by atoms with Gasteiger partial charge in [0.25, 0.3) is 0 Å². The predicted molar refractivity (Wildman–Crippen MR) is 76.9 cm³/mol. The zero-order valence-electron chi connectivity index (χ0n) is 12.5. The van der Waals surface area contributed by atoms with Crippen LogP contribution in [0.2, 0.25) is 0 Å². The average Bonchev–Trinajstić information content (AvgIpc) is 3.07. The standard InChI is InChI=1S/C14H31N3O/c1-12(2)9-17(8-7-16(3)4)10-14(11-18)15-13-5-6-13/h12-15,18H,5-11H2,1-4H3. The second kappa shape index (κ2) is 8.10. The van der Waals surface area contributed by atoms with E-state index in [0.29, 0.717) is 12.0 Å². The van der Waals surface area contributed by atoms with Crippen LogP contribution in [0.5, 0.6) is 0 Å². The van der Waals surface area contributed by atoms with Gasteiger partial charge in [-0.2, -0.15) is 0 Å². The first kappa shape index (κ1) is 15.9. The second-order valence-electron chi connectivity index (χ2n) is 6.28. The van der Waals surface area contributed by atoms with Crippen LogP contribution < -0.4 is 5.32 Å². The summed E-state index contributed by atoms with van der Waals surface area (Å²) in [4.78, 5) is 4.69. The van der Waals surface area contributed by atoms with Crippen LogP contribution in [0.15, 0.2) is 0 Å². The van der Waals surface area contributed by atoms with Crippen LogP contribution in [-0.4, -0.2) is 73.9 Å². The van der Waals surface area contributed by atoms with E-state index in [4.69, 9.17) is 0 Å². The molecule has 0 aromatic rings. The van der Waals surface area contributed by atoms with Gasteiger partial charge in [0.2, 0.25) is 0 Å². The zero-order chi connectivity index (χ0) is 13.5. The molecule has 1 aliphatic carbocycles. The van der Waals surface area contributed by atoms with E-state index in [9.17, 15) is 5.11 Å². The van der Waals surface area contributed by atoms with Crippen LogP contribution in [0.1, 0.15) is 26.7 Å². The monoisotopic (exact) mass is 257 g/mol. The molecule has 0 bridgehead atoms.